The van der Waals surface area contributed by atoms with Crippen LogP contribution in [0.3, 0.4) is 0 Å². The van der Waals surface area contributed by atoms with Crippen molar-refractivity contribution in [2.24, 2.45) is 16.0 Å². The summed E-state index contributed by atoms with van der Waals surface area (Å²) in [7, 11) is 2.80. The number of amides is 1. The Labute approximate surface area is 189 Å². The standard InChI is InChI=1S/C22H24F2N4O3S/c1-14(30-2)21(29)28-22(12-11-19(25)27-31-3,15-7-5-4-6-8-15)32-20(26-28)17-13-16(23)9-10-18(17)24/h4-10,13-14H,11-12H2,1-3H3,(H2,25,27)/t14-,22?/m0/s1. The molecule has 0 spiro atoms. The maximum Gasteiger partial charge on any atom is 0.273 e. The molecule has 0 saturated carbocycles. The second-order valence-electron chi connectivity index (χ2n) is 7.07. The zero-order valence-electron chi connectivity index (χ0n) is 17.9. The lowest BCUT2D eigenvalue weighted by Crippen LogP contribution is -2.46. The van der Waals surface area contributed by atoms with Gasteiger partial charge in [-0.05, 0) is 37.1 Å². The van der Waals surface area contributed by atoms with Crippen molar-refractivity contribution < 1.29 is 23.1 Å². The fourth-order valence-corrected chi connectivity index (χ4v) is 4.69. The summed E-state index contributed by atoms with van der Waals surface area (Å²) < 4.78 is 33.7. The number of benzene rings is 2. The van der Waals surface area contributed by atoms with E-state index in [1.54, 1.807) is 6.92 Å². The molecule has 2 aromatic rings. The first-order chi connectivity index (χ1) is 15.3. The van der Waals surface area contributed by atoms with Crippen LogP contribution < -0.4 is 5.73 Å². The summed E-state index contributed by atoms with van der Waals surface area (Å²) in [4.78, 5) is 16.9. The van der Waals surface area contributed by atoms with Gasteiger partial charge in [0.2, 0.25) is 0 Å². The highest BCUT2D eigenvalue weighted by Gasteiger charge is 2.49. The molecule has 2 atom stereocenters. The molecule has 2 aromatic carbocycles. The van der Waals surface area contributed by atoms with Crippen molar-refractivity contribution in [3.63, 3.8) is 0 Å². The maximum atomic E-state index is 14.6. The van der Waals surface area contributed by atoms with E-state index in [1.165, 1.54) is 19.2 Å². The number of halogens is 2. The lowest BCUT2D eigenvalue weighted by atomic mass is 9.99. The molecule has 0 fully saturated rings. The van der Waals surface area contributed by atoms with Crippen LogP contribution in [0, 0.1) is 11.6 Å². The number of carbonyl (C=O) groups excluding carboxylic acids is 1. The van der Waals surface area contributed by atoms with Crippen LogP contribution in [0.5, 0.6) is 0 Å². The van der Waals surface area contributed by atoms with Gasteiger partial charge in [0, 0.05) is 19.1 Å². The molecule has 3 rings (SSSR count). The van der Waals surface area contributed by atoms with E-state index < -0.39 is 28.5 Å². The largest absolute Gasteiger partial charge is 0.398 e. The smallest absolute Gasteiger partial charge is 0.273 e. The Balaban J connectivity index is 2.15. The first kappa shape index (κ1) is 23.7. The minimum atomic E-state index is -1.09. The van der Waals surface area contributed by atoms with E-state index in [9.17, 15) is 13.6 Å². The number of oxime groups is 1. The molecule has 10 heteroatoms. The van der Waals surface area contributed by atoms with Crippen LogP contribution in [0.15, 0.2) is 58.8 Å². The number of thioether (sulfide) groups is 1. The SMILES string of the molecule is CO/N=C(/N)CCC1(c2ccccc2)SC(c2cc(F)ccc2F)=NN1C(=O)[C@H](C)OC. The topological polar surface area (TPSA) is 89.5 Å². The summed E-state index contributed by atoms with van der Waals surface area (Å²) in [5.41, 5.74) is 6.64. The second-order valence-corrected chi connectivity index (χ2v) is 8.34. The minimum absolute atomic E-state index is 0.0331. The number of rotatable bonds is 8. The third kappa shape index (κ3) is 4.76. The Morgan fingerprint density at radius 1 is 1.25 bits per heavy atom. The summed E-state index contributed by atoms with van der Waals surface area (Å²) in [5, 5.41) is 9.64. The Morgan fingerprint density at radius 3 is 2.62 bits per heavy atom. The van der Waals surface area contributed by atoms with Gasteiger partial charge in [-0.25, -0.2) is 13.8 Å². The van der Waals surface area contributed by atoms with Gasteiger partial charge in [-0.1, -0.05) is 47.2 Å². The molecule has 0 bridgehead atoms. The number of amidine groups is 1. The van der Waals surface area contributed by atoms with Crippen LogP contribution in [-0.2, 0) is 19.2 Å². The number of nitrogens with zero attached hydrogens (tertiary/aromatic N) is 3. The molecule has 7 nitrogen and oxygen atoms in total. The molecule has 2 N–H and O–H groups in total. The zero-order chi connectivity index (χ0) is 23.3. The first-order valence-corrected chi connectivity index (χ1v) is 10.6. The number of hydrazone groups is 1. The summed E-state index contributed by atoms with van der Waals surface area (Å²) in [6, 6.07) is 12.3. The lowest BCUT2D eigenvalue weighted by Gasteiger charge is -2.36. The fourth-order valence-electron chi connectivity index (χ4n) is 3.31. The number of carbonyl (C=O) groups is 1. The average molecular weight is 463 g/mol. The van der Waals surface area contributed by atoms with Crippen molar-refractivity contribution >= 4 is 28.5 Å². The predicted octanol–water partition coefficient (Wildman–Crippen LogP) is 3.79. The van der Waals surface area contributed by atoms with Gasteiger partial charge in [0.05, 0.1) is 0 Å². The second kappa shape index (κ2) is 10.1. The normalized spacial score (nSPS) is 19.6. The van der Waals surface area contributed by atoms with Gasteiger partial charge in [0.25, 0.3) is 5.91 Å². The maximum absolute atomic E-state index is 14.6. The van der Waals surface area contributed by atoms with E-state index in [0.29, 0.717) is 0 Å². The number of methoxy groups -OCH3 is 1. The van der Waals surface area contributed by atoms with E-state index in [1.807, 2.05) is 30.3 Å². The Hall–Kier alpha value is -2.98. The lowest BCUT2D eigenvalue weighted by molar-refractivity contribution is -0.144. The predicted molar refractivity (Wildman–Crippen MR) is 120 cm³/mol. The van der Waals surface area contributed by atoms with Gasteiger partial charge in [-0.15, -0.1) is 0 Å². The molecule has 1 aliphatic heterocycles. The molecular weight excluding hydrogens is 438 g/mol. The molecule has 1 unspecified atom stereocenters. The number of hydrogen-bond acceptors (Lipinski definition) is 6. The van der Waals surface area contributed by atoms with Gasteiger partial charge >= 0.3 is 0 Å². The quantitative estimate of drug-likeness (QED) is 0.366. The summed E-state index contributed by atoms with van der Waals surface area (Å²) in [5.74, 6) is -1.46. The van der Waals surface area contributed by atoms with Gasteiger partial charge in [0.15, 0.2) is 0 Å². The van der Waals surface area contributed by atoms with Gasteiger partial charge in [-0.2, -0.15) is 5.10 Å². The molecule has 32 heavy (non-hydrogen) atoms. The van der Waals surface area contributed by atoms with Crippen molar-refractivity contribution in [1.29, 1.82) is 0 Å². The van der Waals surface area contributed by atoms with Crippen molar-refractivity contribution in [1.82, 2.24) is 5.01 Å². The Kier molecular flexibility index (Phi) is 7.47. The number of ether oxygens (including phenoxy) is 1. The third-order valence-electron chi connectivity index (χ3n) is 5.02. The number of hydrogen-bond donors (Lipinski definition) is 1. The highest BCUT2D eigenvalue weighted by molar-refractivity contribution is 8.15. The summed E-state index contributed by atoms with van der Waals surface area (Å²) in [6.45, 7) is 1.60. The van der Waals surface area contributed by atoms with Gasteiger partial charge in [0.1, 0.15) is 40.6 Å². The van der Waals surface area contributed by atoms with E-state index >= 15 is 0 Å². The highest BCUT2D eigenvalue weighted by atomic mass is 32.2. The molecule has 1 aliphatic rings. The van der Waals surface area contributed by atoms with E-state index in [2.05, 4.69) is 10.3 Å². The van der Waals surface area contributed by atoms with Crippen LogP contribution in [0.4, 0.5) is 8.78 Å². The molecule has 0 aromatic heterocycles. The van der Waals surface area contributed by atoms with Gasteiger partial charge in [-0.3, -0.25) is 4.79 Å². The Bertz CT molecular complexity index is 1040. The first-order valence-electron chi connectivity index (χ1n) is 9.83. The van der Waals surface area contributed by atoms with Gasteiger partial charge < -0.3 is 15.3 Å². The van der Waals surface area contributed by atoms with Crippen molar-refractivity contribution in [2.45, 2.75) is 30.7 Å². The van der Waals surface area contributed by atoms with E-state index in [-0.39, 0.29) is 29.3 Å². The van der Waals surface area contributed by atoms with Crippen LogP contribution in [0.2, 0.25) is 0 Å². The molecule has 1 amide bonds. The molecule has 170 valence electrons. The summed E-state index contributed by atoms with van der Waals surface area (Å²) in [6.07, 6.45) is -0.272. The monoisotopic (exact) mass is 462 g/mol. The van der Waals surface area contributed by atoms with Crippen molar-refractivity contribution in [2.75, 3.05) is 14.2 Å². The van der Waals surface area contributed by atoms with Crippen LogP contribution in [0.25, 0.3) is 0 Å². The van der Waals surface area contributed by atoms with E-state index in [0.717, 1.165) is 35.5 Å². The molecular formula is C22H24F2N4O3S. The molecule has 0 radical (unpaired) electrons. The van der Waals surface area contributed by atoms with Crippen LogP contribution in [-0.4, -0.2) is 42.1 Å². The van der Waals surface area contributed by atoms with E-state index in [4.69, 9.17) is 15.3 Å². The van der Waals surface area contributed by atoms with Crippen LogP contribution in [0.1, 0.15) is 30.9 Å². The summed E-state index contributed by atoms with van der Waals surface area (Å²) >= 11 is 1.15. The molecule has 0 saturated heterocycles. The minimum Gasteiger partial charge on any atom is -0.398 e. The highest BCUT2D eigenvalue weighted by Crippen LogP contribution is 2.51. The number of nitrogens with two attached hydrogens (primary N) is 1. The third-order valence-corrected chi connectivity index (χ3v) is 6.47. The zero-order valence-corrected chi connectivity index (χ0v) is 18.7. The van der Waals surface area contributed by atoms with Crippen molar-refractivity contribution in [3.05, 3.63) is 71.3 Å². The fraction of sp³-hybridized carbons (Fsp3) is 0.318. The van der Waals surface area contributed by atoms with Crippen molar-refractivity contribution in [3.8, 4) is 0 Å². The van der Waals surface area contributed by atoms with Crippen LogP contribution >= 0.6 is 11.8 Å². The average Bonchev–Trinajstić information content (AvgIpc) is 3.19. The molecule has 1 heterocycles. The molecule has 0 aliphatic carbocycles. The Morgan fingerprint density at radius 2 is 1.97 bits per heavy atom.